The van der Waals surface area contributed by atoms with Crippen LogP contribution in [0, 0.1) is 11.3 Å². The number of rotatable bonds is 2. The van der Waals surface area contributed by atoms with E-state index in [9.17, 15) is 9.90 Å². The van der Waals surface area contributed by atoms with E-state index in [0.29, 0.717) is 18.7 Å². The quantitative estimate of drug-likeness (QED) is 0.819. The zero-order chi connectivity index (χ0) is 13.8. The number of hydrogen-bond donors (Lipinski definition) is 2. The molecule has 1 saturated heterocycles. The van der Waals surface area contributed by atoms with Crippen LogP contribution >= 0.6 is 0 Å². The molecule has 0 radical (unpaired) electrons. The summed E-state index contributed by atoms with van der Waals surface area (Å²) < 4.78 is 0. The third-order valence-electron chi connectivity index (χ3n) is 3.30. The number of aliphatic hydroxyl groups excluding tert-OH is 1. The van der Waals surface area contributed by atoms with Crippen molar-refractivity contribution in [2.45, 2.75) is 6.04 Å². The van der Waals surface area contributed by atoms with Gasteiger partial charge in [0.1, 0.15) is 6.07 Å². The van der Waals surface area contributed by atoms with Gasteiger partial charge in [0.15, 0.2) is 0 Å². The molecule has 0 aliphatic carbocycles. The van der Waals surface area contributed by atoms with Crippen molar-refractivity contribution in [3.8, 4) is 6.07 Å². The van der Waals surface area contributed by atoms with Crippen molar-refractivity contribution in [2.24, 2.45) is 0 Å². The van der Waals surface area contributed by atoms with Gasteiger partial charge in [-0.3, -0.25) is 0 Å². The summed E-state index contributed by atoms with van der Waals surface area (Å²) in [6.07, 6.45) is -0.980. The van der Waals surface area contributed by atoms with Crippen molar-refractivity contribution in [3.05, 3.63) is 29.8 Å². The van der Waals surface area contributed by atoms with Gasteiger partial charge in [0.05, 0.1) is 23.9 Å². The van der Waals surface area contributed by atoms with Crippen LogP contribution in [0.5, 0.6) is 0 Å². The third-order valence-corrected chi connectivity index (χ3v) is 3.30. The highest BCUT2D eigenvalue weighted by Crippen LogP contribution is 2.24. The van der Waals surface area contributed by atoms with Crippen LogP contribution in [0.15, 0.2) is 24.3 Å². The van der Waals surface area contributed by atoms with Gasteiger partial charge in [0.2, 0.25) is 0 Å². The first-order valence-corrected chi connectivity index (χ1v) is 6.02. The van der Waals surface area contributed by atoms with Gasteiger partial charge in [-0.1, -0.05) is 12.1 Å². The maximum Gasteiger partial charge on any atom is 0.407 e. The van der Waals surface area contributed by atoms with Gasteiger partial charge >= 0.3 is 6.09 Å². The topological polar surface area (TPSA) is 87.8 Å². The largest absolute Gasteiger partial charge is 0.465 e. The highest BCUT2D eigenvalue weighted by Gasteiger charge is 2.30. The van der Waals surface area contributed by atoms with E-state index in [1.54, 1.807) is 12.1 Å². The van der Waals surface area contributed by atoms with Gasteiger partial charge in [0.25, 0.3) is 0 Å². The lowest BCUT2D eigenvalue weighted by molar-refractivity contribution is 0.124. The van der Waals surface area contributed by atoms with Gasteiger partial charge in [-0.05, 0) is 12.1 Å². The highest BCUT2D eigenvalue weighted by atomic mass is 16.4. The van der Waals surface area contributed by atoms with Gasteiger partial charge in [-0.15, -0.1) is 0 Å². The molecule has 1 amide bonds. The third kappa shape index (κ3) is 2.61. The first-order valence-electron chi connectivity index (χ1n) is 6.02. The zero-order valence-corrected chi connectivity index (χ0v) is 10.4. The van der Waals surface area contributed by atoms with Crippen molar-refractivity contribution in [1.82, 2.24) is 4.90 Å². The second-order valence-electron chi connectivity index (χ2n) is 4.39. The van der Waals surface area contributed by atoms with Crippen LogP contribution in [0.3, 0.4) is 0 Å². The number of benzene rings is 1. The molecule has 1 aliphatic rings. The summed E-state index contributed by atoms with van der Waals surface area (Å²) in [5.74, 6) is 0. The minimum atomic E-state index is -0.980. The number of carbonyl (C=O) groups is 1. The monoisotopic (exact) mass is 261 g/mol. The Morgan fingerprint density at radius 2 is 2.16 bits per heavy atom. The second kappa shape index (κ2) is 5.59. The van der Waals surface area contributed by atoms with Crippen LogP contribution in [0.1, 0.15) is 5.56 Å². The first kappa shape index (κ1) is 13.2. The SMILES string of the molecule is N#Cc1ccccc1N1CCN(C(=O)O)C[C@H]1CO. The minimum Gasteiger partial charge on any atom is -0.465 e. The summed E-state index contributed by atoms with van der Waals surface area (Å²) in [5.41, 5.74) is 1.28. The van der Waals surface area contributed by atoms with E-state index in [2.05, 4.69) is 6.07 Å². The van der Waals surface area contributed by atoms with E-state index in [1.165, 1.54) is 4.90 Å². The molecule has 2 rings (SSSR count). The molecule has 6 heteroatoms. The lowest BCUT2D eigenvalue weighted by atomic mass is 10.1. The predicted molar refractivity (Wildman–Crippen MR) is 69.0 cm³/mol. The van der Waals surface area contributed by atoms with E-state index in [1.807, 2.05) is 17.0 Å². The number of carboxylic acid groups (broad SMARTS) is 1. The Kier molecular flexibility index (Phi) is 3.88. The number of anilines is 1. The Balaban J connectivity index is 2.25. The smallest absolute Gasteiger partial charge is 0.407 e. The van der Waals surface area contributed by atoms with Crippen molar-refractivity contribution in [1.29, 1.82) is 5.26 Å². The first-order chi connectivity index (χ1) is 9.17. The Bertz CT molecular complexity index is 512. The summed E-state index contributed by atoms with van der Waals surface area (Å²) >= 11 is 0. The molecule has 0 unspecified atom stereocenters. The molecule has 100 valence electrons. The lowest BCUT2D eigenvalue weighted by Gasteiger charge is -2.41. The Labute approximate surface area is 111 Å². The summed E-state index contributed by atoms with van der Waals surface area (Å²) in [7, 11) is 0. The van der Waals surface area contributed by atoms with Crippen molar-refractivity contribution in [3.63, 3.8) is 0 Å². The maximum atomic E-state index is 11.0. The molecule has 1 atom stereocenters. The fourth-order valence-corrected chi connectivity index (χ4v) is 2.32. The van der Waals surface area contributed by atoms with Gasteiger partial charge in [-0.2, -0.15) is 5.26 Å². The summed E-state index contributed by atoms with van der Waals surface area (Å²) in [6, 6.07) is 8.94. The van der Waals surface area contributed by atoms with Crippen LogP contribution in [-0.4, -0.2) is 53.5 Å². The van der Waals surface area contributed by atoms with Gasteiger partial charge in [0, 0.05) is 19.6 Å². The number of hydrogen-bond acceptors (Lipinski definition) is 4. The van der Waals surface area contributed by atoms with Crippen LogP contribution in [0.2, 0.25) is 0 Å². The predicted octanol–water partition coefficient (Wildman–Crippen LogP) is 0.719. The standard InChI is InChI=1S/C13H15N3O3/c14-7-10-3-1-2-4-12(10)16-6-5-15(13(18)19)8-11(16)9-17/h1-4,11,17H,5-6,8-9H2,(H,18,19)/t11-/m0/s1. The molecule has 1 heterocycles. The molecule has 1 fully saturated rings. The Morgan fingerprint density at radius 3 is 2.79 bits per heavy atom. The molecular weight excluding hydrogens is 246 g/mol. The van der Waals surface area contributed by atoms with Crippen LogP contribution < -0.4 is 4.90 Å². The van der Waals surface area contributed by atoms with Gasteiger partial charge < -0.3 is 20.0 Å². The second-order valence-corrected chi connectivity index (χ2v) is 4.39. The average Bonchev–Trinajstić information content (AvgIpc) is 2.46. The molecule has 1 aromatic rings. The Hall–Kier alpha value is -2.26. The lowest BCUT2D eigenvalue weighted by Crippen LogP contribution is -2.56. The van der Waals surface area contributed by atoms with Crippen LogP contribution in [0.25, 0.3) is 0 Å². The molecule has 0 bridgehead atoms. The molecule has 0 saturated carbocycles. The number of amides is 1. The van der Waals surface area contributed by atoms with E-state index in [0.717, 1.165) is 5.69 Å². The Morgan fingerprint density at radius 1 is 1.42 bits per heavy atom. The van der Waals surface area contributed by atoms with Crippen molar-refractivity contribution in [2.75, 3.05) is 31.1 Å². The number of piperazine rings is 1. The van der Waals surface area contributed by atoms with Crippen molar-refractivity contribution < 1.29 is 15.0 Å². The van der Waals surface area contributed by atoms with Crippen LogP contribution in [0.4, 0.5) is 10.5 Å². The fourth-order valence-electron chi connectivity index (χ4n) is 2.32. The fraction of sp³-hybridized carbons (Fsp3) is 0.385. The zero-order valence-electron chi connectivity index (χ0n) is 10.4. The molecule has 2 N–H and O–H groups in total. The van der Waals surface area contributed by atoms with Crippen molar-refractivity contribution >= 4 is 11.8 Å². The molecule has 0 aromatic heterocycles. The summed E-state index contributed by atoms with van der Waals surface area (Å²) in [6.45, 7) is 0.928. The number of nitriles is 1. The molecule has 1 aliphatic heterocycles. The number of para-hydroxylation sites is 1. The maximum absolute atomic E-state index is 11.0. The minimum absolute atomic E-state index is 0.149. The molecular formula is C13H15N3O3. The molecule has 1 aromatic carbocycles. The van der Waals surface area contributed by atoms with Gasteiger partial charge in [-0.25, -0.2) is 4.79 Å². The molecule has 6 nitrogen and oxygen atoms in total. The summed E-state index contributed by atoms with van der Waals surface area (Å²) in [4.78, 5) is 14.1. The van der Waals surface area contributed by atoms with E-state index in [4.69, 9.17) is 10.4 Å². The molecule has 0 spiro atoms. The number of nitrogens with zero attached hydrogens (tertiary/aromatic N) is 3. The van der Waals surface area contributed by atoms with E-state index >= 15 is 0 Å². The summed E-state index contributed by atoms with van der Waals surface area (Å²) in [5, 5.41) is 27.5. The van der Waals surface area contributed by atoms with E-state index < -0.39 is 6.09 Å². The highest BCUT2D eigenvalue weighted by molar-refractivity contribution is 5.66. The number of aliphatic hydroxyl groups is 1. The normalized spacial score (nSPS) is 19.1. The average molecular weight is 261 g/mol. The van der Waals surface area contributed by atoms with Crippen LogP contribution in [-0.2, 0) is 0 Å². The van der Waals surface area contributed by atoms with E-state index in [-0.39, 0.29) is 19.2 Å². The molecule has 19 heavy (non-hydrogen) atoms.